The Balaban J connectivity index is 0.00000112. The number of nitrogens with zero attached hydrogens (tertiary/aromatic N) is 2. The molecule has 0 unspecified atom stereocenters. The van der Waals surface area contributed by atoms with Crippen LogP contribution in [0.4, 0.5) is 0 Å². The van der Waals surface area contributed by atoms with Gasteiger partial charge in [-0.1, -0.05) is 18.2 Å². The van der Waals surface area contributed by atoms with Crippen molar-refractivity contribution >= 4 is 18.4 Å². The van der Waals surface area contributed by atoms with E-state index in [1.165, 1.54) is 12.5 Å². The molecule has 0 atom stereocenters. The van der Waals surface area contributed by atoms with Crippen LogP contribution in [0.3, 0.4) is 0 Å². The smallest absolute Gasteiger partial charge is 0.356 e. The topological polar surface area (TPSA) is 55.1 Å². The summed E-state index contributed by atoms with van der Waals surface area (Å²) < 4.78 is 1.67. The molecular weight excluding hydrogens is 216 g/mol. The van der Waals surface area contributed by atoms with E-state index in [1.807, 2.05) is 30.3 Å². The van der Waals surface area contributed by atoms with E-state index in [-0.39, 0.29) is 18.1 Å². The molecule has 0 aliphatic carbocycles. The van der Waals surface area contributed by atoms with Crippen molar-refractivity contribution in [2.45, 2.75) is 0 Å². The molecule has 0 saturated carbocycles. The van der Waals surface area contributed by atoms with E-state index in [9.17, 15) is 4.79 Å². The van der Waals surface area contributed by atoms with Gasteiger partial charge in [0.2, 0.25) is 0 Å². The highest BCUT2D eigenvalue weighted by atomic mass is 35.5. The summed E-state index contributed by atoms with van der Waals surface area (Å²) >= 11 is 0. The van der Waals surface area contributed by atoms with Crippen LogP contribution in [0.25, 0.3) is 5.69 Å². The molecule has 0 fully saturated rings. The highest BCUT2D eigenvalue weighted by Crippen LogP contribution is 2.07. The molecule has 5 heteroatoms. The van der Waals surface area contributed by atoms with Gasteiger partial charge in [0.1, 0.15) is 6.33 Å². The summed E-state index contributed by atoms with van der Waals surface area (Å²) in [5.74, 6) is -1.01. The summed E-state index contributed by atoms with van der Waals surface area (Å²) in [5, 5.41) is 8.67. The second-order valence-corrected chi connectivity index (χ2v) is 2.81. The Hall–Kier alpha value is -1.81. The SMILES string of the molecule is Cl.O=C(O)c1cn(-c2ccccc2)cn1. The minimum atomic E-state index is -1.01. The number of hydrogen-bond acceptors (Lipinski definition) is 2. The van der Waals surface area contributed by atoms with E-state index in [2.05, 4.69) is 4.98 Å². The zero-order valence-corrected chi connectivity index (χ0v) is 8.52. The van der Waals surface area contributed by atoms with Crippen molar-refractivity contribution in [1.82, 2.24) is 9.55 Å². The molecule has 2 aromatic rings. The molecule has 0 radical (unpaired) electrons. The number of halogens is 1. The fourth-order valence-electron chi connectivity index (χ4n) is 1.17. The molecule has 1 aromatic carbocycles. The molecule has 1 aromatic heterocycles. The normalized spacial score (nSPS) is 9.33. The number of para-hydroxylation sites is 1. The molecule has 15 heavy (non-hydrogen) atoms. The van der Waals surface area contributed by atoms with Crippen LogP contribution in [0.15, 0.2) is 42.9 Å². The number of rotatable bonds is 2. The molecular formula is C10H9ClN2O2. The monoisotopic (exact) mass is 224 g/mol. The summed E-state index contributed by atoms with van der Waals surface area (Å²) in [6, 6.07) is 9.44. The summed E-state index contributed by atoms with van der Waals surface area (Å²) in [5.41, 5.74) is 0.946. The fourth-order valence-corrected chi connectivity index (χ4v) is 1.17. The van der Waals surface area contributed by atoms with Gasteiger partial charge in [0.25, 0.3) is 0 Å². The minimum absolute atomic E-state index is 0. The molecule has 1 N–H and O–H groups in total. The van der Waals surface area contributed by atoms with Crippen LogP contribution in [0, 0.1) is 0 Å². The Labute approximate surface area is 92.6 Å². The largest absolute Gasteiger partial charge is 0.476 e. The minimum Gasteiger partial charge on any atom is -0.476 e. The molecule has 0 amide bonds. The van der Waals surface area contributed by atoms with Crippen LogP contribution in [-0.4, -0.2) is 20.6 Å². The zero-order valence-electron chi connectivity index (χ0n) is 7.70. The van der Waals surface area contributed by atoms with Crippen LogP contribution in [0.1, 0.15) is 10.5 Å². The van der Waals surface area contributed by atoms with Crippen molar-refractivity contribution in [1.29, 1.82) is 0 Å². The Morgan fingerprint density at radius 1 is 1.27 bits per heavy atom. The van der Waals surface area contributed by atoms with E-state index in [0.29, 0.717) is 0 Å². The van der Waals surface area contributed by atoms with Crippen LogP contribution in [0.2, 0.25) is 0 Å². The maximum Gasteiger partial charge on any atom is 0.356 e. The van der Waals surface area contributed by atoms with E-state index in [0.717, 1.165) is 5.69 Å². The lowest BCUT2D eigenvalue weighted by Gasteiger charge is -1.98. The van der Waals surface area contributed by atoms with Crippen LogP contribution in [0.5, 0.6) is 0 Å². The summed E-state index contributed by atoms with van der Waals surface area (Å²) in [6.07, 6.45) is 2.97. The van der Waals surface area contributed by atoms with Crippen LogP contribution < -0.4 is 0 Å². The van der Waals surface area contributed by atoms with Gasteiger partial charge in [0, 0.05) is 11.9 Å². The van der Waals surface area contributed by atoms with Gasteiger partial charge in [0.15, 0.2) is 5.69 Å². The molecule has 0 bridgehead atoms. The number of benzene rings is 1. The predicted octanol–water partition coefficient (Wildman–Crippen LogP) is 1.99. The van der Waals surface area contributed by atoms with Gasteiger partial charge in [-0.3, -0.25) is 0 Å². The standard InChI is InChI=1S/C10H8N2O2.ClH/c13-10(14)9-6-12(7-11-9)8-4-2-1-3-5-8;/h1-7H,(H,13,14);1H. The first kappa shape index (κ1) is 11.3. The number of hydrogen-bond donors (Lipinski definition) is 1. The second-order valence-electron chi connectivity index (χ2n) is 2.81. The molecule has 78 valence electrons. The maximum atomic E-state index is 10.6. The third-order valence-corrected chi connectivity index (χ3v) is 1.86. The molecule has 0 aliphatic heterocycles. The Bertz CT molecular complexity index is 453. The third-order valence-electron chi connectivity index (χ3n) is 1.86. The lowest BCUT2D eigenvalue weighted by molar-refractivity contribution is 0.0691. The first-order chi connectivity index (χ1) is 6.77. The number of aromatic nitrogens is 2. The fraction of sp³-hybridized carbons (Fsp3) is 0. The quantitative estimate of drug-likeness (QED) is 0.849. The van der Waals surface area contributed by atoms with Crippen molar-refractivity contribution in [2.75, 3.05) is 0 Å². The average molecular weight is 225 g/mol. The first-order valence-corrected chi connectivity index (χ1v) is 4.10. The van der Waals surface area contributed by atoms with Gasteiger partial charge in [-0.25, -0.2) is 9.78 Å². The summed E-state index contributed by atoms with van der Waals surface area (Å²) in [6.45, 7) is 0. The predicted molar refractivity (Wildman–Crippen MR) is 57.8 cm³/mol. The van der Waals surface area contributed by atoms with E-state index < -0.39 is 5.97 Å². The molecule has 0 spiro atoms. The van der Waals surface area contributed by atoms with Crippen molar-refractivity contribution in [3.05, 3.63) is 48.5 Å². The Kier molecular flexibility index (Phi) is 3.46. The highest BCUT2D eigenvalue weighted by molar-refractivity contribution is 5.85. The second kappa shape index (κ2) is 4.61. The molecule has 2 rings (SSSR count). The third kappa shape index (κ3) is 2.35. The lowest BCUT2D eigenvalue weighted by atomic mass is 10.3. The molecule has 1 heterocycles. The van der Waals surface area contributed by atoms with Gasteiger partial charge in [-0.2, -0.15) is 0 Å². The van der Waals surface area contributed by atoms with Crippen molar-refractivity contribution in [3.63, 3.8) is 0 Å². The van der Waals surface area contributed by atoms with Crippen molar-refractivity contribution < 1.29 is 9.90 Å². The highest BCUT2D eigenvalue weighted by Gasteiger charge is 2.06. The van der Waals surface area contributed by atoms with Gasteiger partial charge >= 0.3 is 5.97 Å². The van der Waals surface area contributed by atoms with Gasteiger partial charge in [0.05, 0.1) is 0 Å². The summed E-state index contributed by atoms with van der Waals surface area (Å²) in [4.78, 5) is 14.3. The van der Waals surface area contributed by atoms with E-state index in [1.54, 1.807) is 4.57 Å². The number of carboxylic acids is 1. The van der Waals surface area contributed by atoms with Gasteiger partial charge in [-0.15, -0.1) is 12.4 Å². The number of aromatic carboxylic acids is 1. The number of imidazole rings is 1. The van der Waals surface area contributed by atoms with Crippen molar-refractivity contribution in [2.24, 2.45) is 0 Å². The van der Waals surface area contributed by atoms with Crippen molar-refractivity contribution in [3.8, 4) is 5.69 Å². The van der Waals surface area contributed by atoms with E-state index >= 15 is 0 Å². The van der Waals surface area contributed by atoms with Gasteiger partial charge < -0.3 is 9.67 Å². The lowest BCUT2D eigenvalue weighted by Crippen LogP contribution is -1.95. The number of carbonyl (C=O) groups is 1. The maximum absolute atomic E-state index is 10.6. The molecule has 0 aliphatic rings. The molecule has 0 saturated heterocycles. The average Bonchev–Trinajstić information content (AvgIpc) is 2.68. The first-order valence-electron chi connectivity index (χ1n) is 4.10. The zero-order chi connectivity index (χ0) is 9.97. The summed E-state index contributed by atoms with van der Waals surface area (Å²) in [7, 11) is 0. The Morgan fingerprint density at radius 2 is 1.93 bits per heavy atom. The van der Waals surface area contributed by atoms with E-state index in [4.69, 9.17) is 5.11 Å². The molecule has 4 nitrogen and oxygen atoms in total. The van der Waals surface area contributed by atoms with Crippen LogP contribution >= 0.6 is 12.4 Å². The van der Waals surface area contributed by atoms with Crippen LogP contribution in [-0.2, 0) is 0 Å². The Morgan fingerprint density at radius 3 is 2.47 bits per heavy atom. The van der Waals surface area contributed by atoms with Gasteiger partial charge in [-0.05, 0) is 12.1 Å². The number of carboxylic acid groups (broad SMARTS) is 1.